The quantitative estimate of drug-likeness (QED) is 0.120. The van der Waals surface area contributed by atoms with E-state index in [9.17, 15) is 13.8 Å². The minimum atomic E-state index is -1.39. The number of nitrogens with zero attached hydrogens (tertiary/aromatic N) is 3. The lowest BCUT2D eigenvalue weighted by molar-refractivity contribution is 0.0258. The van der Waals surface area contributed by atoms with E-state index >= 15 is 0 Å². The fourth-order valence-electron chi connectivity index (χ4n) is 5.49. The maximum Gasteiger partial charge on any atom is 0.262 e. The number of hydrogen-bond acceptors (Lipinski definition) is 7. The number of hydrogen-bond donors (Lipinski definition) is 1. The molecule has 1 N–H and O–H groups in total. The van der Waals surface area contributed by atoms with Crippen molar-refractivity contribution in [3.05, 3.63) is 65.0 Å². The standard InChI is InChI=1S/C34H48N4O6SSi/c1-22(44-24-14-15-24)30(36-45(41)34(2,3)4)31-35-27-19-23(13-16-28(27)37(31)21-43-17-18-46(6,7)8)29(20-42-5)38-32(39)25-11-9-10-12-26(25)33(38)40/h9-13,16,19,22,24,29-30,36H,14-15,17-18,20-21H2,1-8H3/t22-,29-,30+,45?/m1/s1. The summed E-state index contributed by atoms with van der Waals surface area (Å²) in [5.41, 5.74) is 3.01. The van der Waals surface area contributed by atoms with Crippen molar-refractivity contribution >= 4 is 41.9 Å². The van der Waals surface area contributed by atoms with Gasteiger partial charge in [0.15, 0.2) is 0 Å². The van der Waals surface area contributed by atoms with Gasteiger partial charge in [-0.1, -0.05) is 37.8 Å². The molecule has 2 aromatic carbocycles. The molecule has 1 aromatic heterocycles. The molecule has 0 bridgehead atoms. The predicted octanol–water partition coefficient (Wildman–Crippen LogP) is 5.99. The first-order valence-corrected chi connectivity index (χ1v) is 20.9. The maximum absolute atomic E-state index is 13.5. The molecule has 0 spiro atoms. The molecule has 2 heterocycles. The van der Waals surface area contributed by atoms with Crippen LogP contribution in [0.1, 0.15) is 84.7 Å². The van der Waals surface area contributed by atoms with E-state index < -0.39 is 35.9 Å². The average Bonchev–Trinajstić information content (AvgIpc) is 3.68. The first-order valence-electron chi connectivity index (χ1n) is 16.1. The van der Waals surface area contributed by atoms with Crippen molar-refractivity contribution in [3.8, 4) is 0 Å². The number of methoxy groups -OCH3 is 1. The van der Waals surface area contributed by atoms with Crippen LogP contribution in [0.4, 0.5) is 0 Å². The van der Waals surface area contributed by atoms with Gasteiger partial charge in [-0.05, 0) is 76.4 Å². The Balaban J connectivity index is 1.56. The number of fused-ring (bicyclic) bond motifs is 2. The number of imide groups is 1. The molecular weight excluding hydrogens is 621 g/mol. The van der Waals surface area contributed by atoms with Crippen LogP contribution in [0.5, 0.6) is 0 Å². The molecule has 2 aliphatic rings. The SMILES string of the molecule is COC[C@H](c1ccc2c(c1)nc([C@@H](NS(=O)C(C)(C)C)[C@@H](C)OC1CC1)n2COCC[Si](C)(C)C)N1C(=O)c2ccccc2C1=O. The normalized spacial score (nSPS) is 18.2. The third-order valence-electron chi connectivity index (χ3n) is 8.33. The number of imidazole rings is 1. The summed E-state index contributed by atoms with van der Waals surface area (Å²) in [5, 5.41) is 0. The van der Waals surface area contributed by atoms with E-state index in [4.69, 9.17) is 19.2 Å². The van der Waals surface area contributed by atoms with Gasteiger partial charge < -0.3 is 18.8 Å². The molecule has 1 unspecified atom stereocenters. The van der Waals surface area contributed by atoms with Crippen molar-refractivity contribution in [2.24, 2.45) is 0 Å². The van der Waals surface area contributed by atoms with Crippen LogP contribution in [0.15, 0.2) is 42.5 Å². The molecule has 1 aliphatic heterocycles. The van der Waals surface area contributed by atoms with Crippen molar-refractivity contribution < 1.29 is 28.0 Å². The number of benzene rings is 2. The van der Waals surface area contributed by atoms with Crippen LogP contribution in [-0.2, 0) is 31.9 Å². The molecule has 250 valence electrons. The fourth-order valence-corrected chi connectivity index (χ4v) is 7.12. The second-order valence-corrected chi connectivity index (χ2v) is 22.1. The Morgan fingerprint density at radius 1 is 1.07 bits per heavy atom. The Morgan fingerprint density at radius 3 is 2.28 bits per heavy atom. The monoisotopic (exact) mass is 668 g/mol. The molecule has 2 amide bonds. The number of amides is 2. The van der Waals surface area contributed by atoms with Crippen molar-refractivity contribution in [2.45, 2.75) is 102 Å². The highest BCUT2D eigenvalue weighted by Gasteiger charge is 2.41. The maximum atomic E-state index is 13.5. The van der Waals surface area contributed by atoms with Crippen molar-refractivity contribution in [2.75, 3.05) is 20.3 Å². The van der Waals surface area contributed by atoms with E-state index in [0.717, 1.165) is 30.0 Å². The second-order valence-electron chi connectivity index (χ2n) is 14.5. The first-order chi connectivity index (χ1) is 21.7. The minimum Gasteiger partial charge on any atom is -0.382 e. The third kappa shape index (κ3) is 7.69. The van der Waals surface area contributed by atoms with E-state index in [1.54, 1.807) is 31.4 Å². The van der Waals surface area contributed by atoms with Gasteiger partial charge in [0.1, 0.15) is 18.6 Å². The van der Waals surface area contributed by atoms with Crippen LogP contribution >= 0.6 is 0 Å². The molecular formula is C34H48N4O6SSi. The van der Waals surface area contributed by atoms with Crippen LogP contribution in [-0.4, -0.2) is 75.8 Å². The smallest absolute Gasteiger partial charge is 0.262 e. The Labute approximate surface area is 275 Å². The highest BCUT2D eigenvalue weighted by atomic mass is 32.2. The summed E-state index contributed by atoms with van der Waals surface area (Å²) >= 11 is 0. The summed E-state index contributed by atoms with van der Waals surface area (Å²) in [5.74, 6) is -0.0237. The molecule has 0 radical (unpaired) electrons. The zero-order chi connectivity index (χ0) is 33.4. The van der Waals surface area contributed by atoms with Gasteiger partial charge >= 0.3 is 0 Å². The van der Waals surface area contributed by atoms with Crippen LogP contribution in [0.3, 0.4) is 0 Å². The van der Waals surface area contributed by atoms with Gasteiger partial charge in [0, 0.05) is 21.8 Å². The first kappa shape index (κ1) is 34.6. The number of nitrogens with one attached hydrogen (secondary N) is 1. The van der Waals surface area contributed by atoms with Gasteiger partial charge in [-0.3, -0.25) is 14.5 Å². The summed E-state index contributed by atoms with van der Waals surface area (Å²) < 4.78 is 36.5. The lowest BCUT2D eigenvalue weighted by Crippen LogP contribution is -2.41. The van der Waals surface area contributed by atoms with Crippen molar-refractivity contribution in [1.82, 2.24) is 19.2 Å². The van der Waals surface area contributed by atoms with Crippen molar-refractivity contribution in [3.63, 3.8) is 0 Å². The number of rotatable bonds is 15. The van der Waals surface area contributed by atoms with Gasteiger partial charge in [0.25, 0.3) is 11.8 Å². The summed E-state index contributed by atoms with van der Waals surface area (Å²) in [6.07, 6.45) is 1.90. The van der Waals surface area contributed by atoms with Crippen LogP contribution < -0.4 is 4.72 Å². The number of ether oxygens (including phenoxy) is 3. The summed E-state index contributed by atoms with van der Waals surface area (Å²) in [4.78, 5) is 33.3. The molecule has 5 rings (SSSR count). The molecule has 1 aliphatic carbocycles. The highest BCUT2D eigenvalue weighted by Crippen LogP contribution is 2.35. The summed E-state index contributed by atoms with van der Waals surface area (Å²) in [6.45, 7) is 15.8. The van der Waals surface area contributed by atoms with Crippen molar-refractivity contribution in [1.29, 1.82) is 0 Å². The largest absolute Gasteiger partial charge is 0.382 e. The zero-order valence-corrected chi connectivity index (χ0v) is 30.1. The second kappa shape index (κ2) is 13.8. The topological polar surface area (TPSA) is 112 Å². The highest BCUT2D eigenvalue weighted by molar-refractivity contribution is 7.84. The van der Waals surface area contributed by atoms with E-state index in [0.29, 0.717) is 29.1 Å². The molecule has 10 nitrogen and oxygen atoms in total. The van der Waals surface area contributed by atoms with E-state index in [1.807, 2.05) is 50.5 Å². The third-order valence-corrected chi connectivity index (χ3v) is 11.6. The molecule has 0 saturated heterocycles. The summed E-state index contributed by atoms with van der Waals surface area (Å²) in [7, 11) is -1.15. The van der Waals surface area contributed by atoms with Gasteiger partial charge in [-0.15, -0.1) is 0 Å². The molecule has 12 heteroatoms. The molecule has 46 heavy (non-hydrogen) atoms. The predicted molar refractivity (Wildman–Crippen MR) is 183 cm³/mol. The van der Waals surface area contributed by atoms with Gasteiger partial charge in [0.05, 0.1) is 62.7 Å². The Hall–Kier alpha value is -2.74. The van der Waals surface area contributed by atoms with Gasteiger partial charge in [0.2, 0.25) is 0 Å². The van der Waals surface area contributed by atoms with E-state index in [2.05, 4.69) is 24.4 Å². The number of carbonyl (C=O) groups is 2. The lowest BCUT2D eigenvalue weighted by Gasteiger charge is -2.29. The Morgan fingerprint density at radius 2 is 1.72 bits per heavy atom. The Kier molecular flexibility index (Phi) is 10.4. The lowest BCUT2D eigenvalue weighted by atomic mass is 10.0. The van der Waals surface area contributed by atoms with Crippen LogP contribution in [0.25, 0.3) is 11.0 Å². The van der Waals surface area contributed by atoms with Crippen LogP contribution in [0.2, 0.25) is 25.7 Å². The molecule has 1 fully saturated rings. The summed E-state index contributed by atoms with van der Waals surface area (Å²) in [6, 6.07) is 12.5. The van der Waals surface area contributed by atoms with E-state index in [1.165, 1.54) is 4.90 Å². The number of carbonyl (C=O) groups excluding carboxylic acids is 2. The molecule has 3 aromatic rings. The molecule has 4 atom stereocenters. The van der Waals surface area contributed by atoms with Crippen LogP contribution in [0, 0.1) is 0 Å². The number of aromatic nitrogens is 2. The van der Waals surface area contributed by atoms with Gasteiger partial charge in [-0.25, -0.2) is 13.9 Å². The fraction of sp³-hybridized carbons (Fsp3) is 0.559. The Bertz CT molecular complexity index is 1570. The van der Waals surface area contributed by atoms with E-state index in [-0.39, 0.29) is 37.4 Å². The minimum absolute atomic E-state index is 0.130. The van der Waals surface area contributed by atoms with Gasteiger partial charge in [-0.2, -0.15) is 0 Å². The zero-order valence-electron chi connectivity index (χ0n) is 28.3. The average molecular weight is 669 g/mol. The molecule has 1 saturated carbocycles.